The minimum absolute atomic E-state index is 0.354. The first-order valence-electron chi connectivity index (χ1n) is 3.71. The fraction of sp³-hybridized carbons (Fsp3) is 0.857. The van der Waals surface area contributed by atoms with Gasteiger partial charge >= 0.3 is 6.18 Å². The molecule has 0 aliphatic rings. The van der Waals surface area contributed by atoms with Gasteiger partial charge in [0.15, 0.2) is 0 Å². The van der Waals surface area contributed by atoms with E-state index in [0.29, 0.717) is 6.42 Å². The molecule has 0 saturated carbocycles. The van der Waals surface area contributed by atoms with Gasteiger partial charge in [0.1, 0.15) is 6.54 Å². The van der Waals surface area contributed by atoms with Crippen molar-refractivity contribution >= 4 is 5.91 Å². The van der Waals surface area contributed by atoms with Gasteiger partial charge in [0, 0.05) is 5.92 Å². The Balaban J connectivity index is 3.72. The lowest BCUT2D eigenvalue weighted by molar-refractivity contribution is -0.140. The molecule has 1 unspecified atom stereocenters. The van der Waals surface area contributed by atoms with Gasteiger partial charge in [-0.15, -0.1) is 0 Å². The van der Waals surface area contributed by atoms with E-state index in [9.17, 15) is 18.0 Å². The van der Waals surface area contributed by atoms with E-state index >= 15 is 0 Å². The van der Waals surface area contributed by atoms with Gasteiger partial charge in [0.25, 0.3) is 0 Å². The first kappa shape index (κ1) is 11.3. The number of hydrogen-bond donors (Lipinski definition) is 1. The predicted molar refractivity (Wildman–Crippen MR) is 38.5 cm³/mol. The van der Waals surface area contributed by atoms with Crippen molar-refractivity contribution in [3.05, 3.63) is 0 Å². The second kappa shape index (κ2) is 4.33. The summed E-state index contributed by atoms with van der Waals surface area (Å²) in [6.45, 7) is 2.10. The van der Waals surface area contributed by atoms with Crippen LogP contribution in [0.1, 0.15) is 20.3 Å². The van der Waals surface area contributed by atoms with E-state index in [-0.39, 0.29) is 5.92 Å². The molecule has 0 heterocycles. The lowest BCUT2D eigenvalue weighted by atomic mass is 10.1. The van der Waals surface area contributed by atoms with Gasteiger partial charge in [-0.05, 0) is 6.42 Å². The zero-order valence-electron chi connectivity index (χ0n) is 7.03. The highest BCUT2D eigenvalue weighted by atomic mass is 19.4. The van der Waals surface area contributed by atoms with Crippen LogP contribution in [0, 0.1) is 5.92 Å². The summed E-state index contributed by atoms with van der Waals surface area (Å²) >= 11 is 0. The third-order valence-electron chi connectivity index (χ3n) is 1.52. The van der Waals surface area contributed by atoms with Crippen molar-refractivity contribution in [2.24, 2.45) is 5.92 Å². The molecule has 0 aromatic rings. The molecule has 0 aromatic heterocycles. The van der Waals surface area contributed by atoms with Crippen LogP contribution in [0.3, 0.4) is 0 Å². The zero-order chi connectivity index (χ0) is 9.78. The molecule has 1 N–H and O–H groups in total. The highest BCUT2D eigenvalue weighted by Gasteiger charge is 2.28. The Morgan fingerprint density at radius 2 is 2.00 bits per heavy atom. The van der Waals surface area contributed by atoms with Crippen LogP contribution in [-0.2, 0) is 4.79 Å². The quantitative estimate of drug-likeness (QED) is 0.709. The van der Waals surface area contributed by atoms with Gasteiger partial charge in [-0.3, -0.25) is 4.79 Å². The van der Waals surface area contributed by atoms with E-state index in [1.165, 1.54) is 0 Å². The Labute approximate surface area is 69.1 Å². The largest absolute Gasteiger partial charge is 0.405 e. The molecule has 12 heavy (non-hydrogen) atoms. The number of halogens is 3. The van der Waals surface area contributed by atoms with Crippen molar-refractivity contribution in [2.75, 3.05) is 6.54 Å². The summed E-state index contributed by atoms with van der Waals surface area (Å²) in [5.41, 5.74) is 0. The van der Waals surface area contributed by atoms with Crippen molar-refractivity contribution in [3.63, 3.8) is 0 Å². The fourth-order valence-corrected chi connectivity index (χ4v) is 0.547. The van der Waals surface area contributed by atoms with Gasteiger partial charge in [0.2, 0.25) is 5.91 Å². The number of rotatable bonds is 3. The van der Waals surface area contributed by atoms with Crippen LogP contribution in [0.4, 0.5) is 13.2 Å². The lowest BCUT2D eigenvalue weighted by Gasteiger charge is -2.11. The Kier molecular flexibility index (Phi) is 4.06. The minimum Gasteiger partial charge on any atom is -0.347 e. The second-order valence-corrected chi connectivity index (χ2v) is 2.64. The molecule has 72 valence electrons. The van der Waals surface area contributed by atoms with E-state index < -0.39 is 18.6 Å². The summed E-state index contributed by atoms with van der Waals surface area (Å²) < 4.78 is 34.7. The number of hydrogen-bond acceptors (Lipinski definition) is 1. The molecule has 0 bridgehead atoms. The minimum atomic E-state index is -4.32. The lowest BCUT2D eigenvalue weighted by Crippen LogP contribution is -2.36. The number of alkyl halides is 3. The number of carbonyl (C=O) groups excluding carboxylic acids is 1. The van der Waals surface area contributed by atoms with Crippen molar-refractivity contribution in [2.45, 2.75) is 26.4 Å². The van der Waals surface area contributed by atoms with Crippen LogP contribution in [-0.4, -0.2) is 18.6 Å². The molecule has 5 heteroatoms. The molecule has 0 saturated heterocycles. The summed E-state index contributed by atoms with van der Waals surface area (Å²) in [4.78, 5) is 10.8. The van der Waals surface area contributed by atoms with Crippen molar-refractivity contribution < 1.29 is 18.0 Å². The van der Waals surface area contributed by atoms with Crippen LogP contribution in [0.25, 0.3) is 0 Å². The maximum atomic E-state index is 11.6. The molecule has 0 fully saturated rings. The number of carbonyl (C=O) groups is 1. The summed E-state index contributed by atoms with van der Waals surface area (Å²) in [6, 6.07) is 0. The topological polar surface area (TPSA) is 29.1 Å². The van der Waals surface area contributed by atoms with E-state index in [1.807, 2.05) is 5.32 Å². The highest BCUT2D eigenvalue weighted by Crippen LogP contribution is 2.12. The molecular weight excluding hydrogens is 171 g/mol. The predicted octanol–water partition coefficient (Wildman–Crippen LogP) is 1.71. The average molecular weight is 183 g/mol. The van der Waals surface area contributed by atoms with Crippen molar-refractivity contribution in [1.82, 2.24) is 5.32 Å². The third-order valence-corrected chi connectivity index (χ3v) is 1.52. The van der Waals surface area contributed by atoms with Gasteiger partial charge in [-0.2, -0.15) is 13.2 Å². The Morgan fingerprint density at radius 3 is 2.33 bits per heavy atom. The second-order valence-electron chi connectivity index (χ2n) is 2.64. The van der Waals surface area contributed by atoms with Gasteiger partial charge in [0.05, 0.1) is 0 Å². The first-order chi connectivity index (χ1) is 5.37. The third kappa shape index (κ3) is 4.98. The smallest absolute Gasteiger partial charge is 0.347 e. The molecule has 0 aliphatic carbocycles. The standard InChI is InChI=1S/C7H12F3NO/c1-3-5(2)6(12)11-4-7(8,9)10/h5H,3-4H2,1-2H3,(H,11,12). The number of nitrogens with one attached hydrogen (secondary N) is 1. The fourth-order valence-electron chi connectivity index (χ4n) is 0.547. The van der Waals surface area contributed by atoms with Crippen LogP contribution >= 0.6 is 0 Å². The molecule has 0 spiro atoms. The summed E-state index contributed by atoms with van der Waals surface area (Å²) in [5.74, 6) is -0.901. The Morgan fingerprint density at radius 1 is 1.50 bits per heavy atom. The summed E-state index contributed by atoms with van der Waals surface area (Å²) in [7, 11) is 0. The molecule has 1 atom stereocenters. The van der Waals surface area contributed by atoms with Crippen molar-refractivity contribution in [1.29, 1.82) is 0 Å². The monoisotopic (exact) mass is 183 g/mol. The van der Waals surface area contributed by atoms with E-state index in [2.05, 4.69) is 0 Å². The molecule has 2 nitrogen and oxygen atoms in total. The summed E-state index contributed by atoms with van der Waals surface area (Å²) in [5, 5.41) is 1.81. The normalized spacial score (nSPS) is 14.1. The van der Waals surface area contributed by atoms with Gasteiger partial charge in [-0.25, -0.2) is 0 Å². The van der Waals surface area contributed by atoms with Crippen LogP contribution in [0.15, 0.2) is 0 Å². The van der Waals surface area contributed by atoms with Crippen LogP contribution in [0.2, 0.25) is 0 Å². The maximum Gasteiger partial charge on any atom is 0.405 e. The van der Waals surface area contributed by atoms with E-state index in [4.69, 9.17) is 0 Å². The van der Waals surface area contributed by atoms with E-state index in [0.717, 1.165) is 0 Å². The maximum absolute atomic E-state index is 11.6. The van der Waals surface area contributed by atoms with Crippen LogP contribution in [0.5, 0.6) is 0 Å². The molecule has 0 aromatic carbocycles. The Hall–Kier alpha value is -0.740. The number of amides is 1. The molecule has 1 amide bonds. The van der Waals surface area contributed by atoms with Gasteiger partial charge in [-0.1, -0.05) is 13.8 Å². The van der Waals surface area contributed by atoms with Gasteiger partial charge < -0.3 is 5.32 Å². The summed E-state index contributed by atoms with van der Waals surface area (Å²) in [6.07, 6.45) is -3.77. The van der Waals surface area contributed by atoms with E-state index in [1.54, 1.807) is 13.8 Å². The van der Waals surface area contributed by atoms with Crippen LogP contribution < -0.4 is 5.32 Å². The molecule has 0 aliphatic heterocycles. The SMILES string of the molecule is CCC(C)C(=O)NCC(F)(F)F. The average Bonchev–Trinajstić information content (AvgIpc) is 1.97. The Bertz CT molecular complexity index is 155. The molecular formula is C7H12F3NO. The zero-order valence-corrected chi connectivity index (χ0v) is 7.03. The molecule has 0 rings (SSSR count). The first-order valence-corrected chi connectivity index (χ1v) is 3.71. The molecule has 0 radical (unpaired) electrons. The highest BCUT2D eigenvalue weighted by molar-refractivity contribution is 5.78. The van der Waals surface area contributed by atoms with Crippen molar-refractivity contribution in [3.8, 4) is 0 Å².